The number of hydrogen-bond donors (Lipinski definition) is 1. The van der Waals surface area contributed by atoms with Crippen LogP contribution in [-0.2, 0) is 0 Å². The van der Waals surface area contributed by atoms with Gasteiger partial charge in [-0.3, -0.25) is 14.9 Å². The van der Waals surface area contributed by atoms with Crippen LogP contribution in [0, 0.1) is 15.9 Å². The van der Waals surface area contributed by atoms with E-state index in [1.54, 1.807) is 18.8 Å². The summed E-state index contributed by atoms with van der Waals surface area (Å²) >= 11 is 1.57. The first-order valence-corrected chi connectivity index (χ1v) is 7.64. The minimum Gasteiger partial charge on any atom is -0.386 e. The van der Waals surface area contributed by atoms with Crippen LogP contribution in [-0.4, -0.2) is 47.9 Å². The lowest BCUT2D eigenvalue weighted by atomic mass is 10.1. The molecule has 0 aliphatic heterocycles. The Morgan fingerprint density at radius 3 is 2.67 bits per heavy atom. The number of thioether (sulfide) groups is 1. The van der Waals surface area contributed by atoms with Crippen LogP contribution in [0.1, 0.15) is 17.3 Å². The Kier molecular flexibility index (Phi) is 5.95. The molecule has 0 aliphatic carbocycles. The number of benzene rings is 1. The molecular formula is C13H18FN3O3S. The third-order valence-corrected chi connectivity index (χ3v) is 3.99. The van der Waals surface area contributed by atoms with Crippen molar-refractivity contribution < 1.29 is 14.1 Å². The zero-order valence-corrected chi connectivity index (χ0v) is 13.2. The smallest absolute Gasteiger partial charge is 0.285 e. The van der Waals surface area contributed by atoms with Gasteiger partial charge in [0.15, 0.2) is 5.82 Å². The van der Waals surface area contributed by atoms with Crippen molar-refractivity contribution in [2.45, 2.75) is 13.0 Å². The van der Waals surface area contributed by atoms with E-state index in [-0.39, 0.29) is 17.3 Å². The molecule has 1 aromatic carbocycles. The zero-order valence-electron chi connectivity index (χ0n) is 12.3. The Bertz CT molecular complexity index is 554. The average molecular weight is 315 g/mol. The third-order valence-electron chi connectivity index (χ3n) is 3.17. The number of anilines is 1. The summed E-state index contributed by atoms with van der Waals surface area (Å²) in [4.78, 5) is 24.1. The van der Waals surface area contributed by atoms with Gasteiger partial charge in [0.05, 0.1) is 16.7 Å². The van der Waals surface area contributed by atoms with E-state index in [2.05, 4.69) is 5.32 Å². The molecule has 0 heterocycles. The van der Waals surface area contributed by atoms with Crippen molar-refractivity contribution in [1.29, 1.82) is 0 Å². The second-order valence-corrected chi connectivity index (χ2v) is 5.49. The molecule has 1 N–H and O–H groups in total. The number of carbonyl (C=O) groups is 1. The van der Waals surface area contributed by atoms with Gasteiger partial charge >= 0.3 is 0 Å². The molecule has 0 bridgehead atoms. The van der Waals surface area contributed by atoms with E-state index in [0.29, 0.717) is 5.75 Å². The predicted octanol–water partition coefficient (Wildman–Crippen LogP) is 2.60. The fraction of sp³-hybridized carbons (Fsp3) is 0.462. The van der Waals surface area contributed by atoms with Crippen LogP contribution < -0.4 is 5.32 Å². The third kappa shape index (κ3) is 3.84. The monoisotopic (exact) mass is 315 g/mol. The standard InChI is InChI=1S/C13H18FN3O3S/c1-8(7-21-4)16(3)13(18)9-5-11(15-2)10(14)6-12(9)17(19)20/h5-6,8,15H,7H2,1-4H3. The molecule has 1 atom stereocenters. The first-order valence-electron chi connectivity index (χ1n) is 6.25. The molecule has 1 aromatic rings. The quantitative estimate of drug-likeness (QED) is 0.645. The molecule has 1 amide bonds. The van der Waals surface area contributed by atoms with Gasteiger partial charge in [-0.25, -0.2) is 4.39 Å². The largest absolute Gasteiger partial charge is 0.386 e. The van der Waals surface area contributed by atoms with Crippen LogP contribution in [0.3, 0.4) is 0 Å². The van der Waals surface area contributed by atoms with Gasteiger partial charge in [0, 0.05) is 25.9 Å². The molecule has 1 rings (SSSR count). The fourth-order valence-corrected chi connectivity index (χ4v) is 2.53. The number of nitro benzene ring substituents is 1. The van der Waals surface area contributed by atoms with E-state index in [1.165, 1.54) is 18.0 Å². The van der Waals surface area contributed by atoms with Crippen LogP contribution in [0.5, 0.6) is 0 Å². The minimum absolute atomic E-state index is 0.0508. The van der Waals surface area contributed by atoms with Gasteiger partial charge in [-0.2, -0.15) is 11.8 Å². The van der Waals surface area contributed by atoms with Crippen molar-refractivity contribution >= 4 is 29.0 Å². The SMILES string of the molecule is CNc1cc(C(=O)N(C)C(C)CSC)c([N+](=O)[O-])cc1F. The highest BCUT2D eigenvalue weighted by Crippen LogP contribution is 2.27. The van der Waals surface area contributed by atoms with E-state index in [4.69, 9.17) is 0 Å². The van der Waals surface area contributed by atoms with Crippen LogP contribution in [0.25, 0.3) is 0 Å². The van der Waals surface area contributed by atoms with Gasteiger partial charge in [0.2, 0.25) is 0 Å². The second-order valence-electron chi connectivity index (χ2n) is 4.58. The van der Waals surface area contributed by atoms with Crippen LogP contribution in [0.15, 0.2) is 12.1 Å². The number of amides is 1. The predicted molar refractivity (Wildman–Crippen MR) is 82.5 cm³/mol. The Hall–Kier alpha value is -1.83. The van der Waals surface area contributed by atoms with Gasteiger partial charge in [0.25, 0.3) is 11.6 Å². The number of hydrogen-bond acceptors (Lipinski definition) is 5. The molecule has 6 nitrogen and oxygen atoms in total. The Morgan fingerprint density at radius 2 is 2.19 bits per heavy atom. The van der Waals surface area contributed by atoms with Crippen molar-refractivity contribution in [3.63, 3.8) is 0 Å². The first kappa shape index (κ1) is 17.2. The molecular weight excluding hydrogens is 297 g/mol. The van der Waals surface area contributed by atoms with Crippen LogP contribution in [0.2, 0.25) is 0 Å². The van der Waals surface area contributed by atoms with Gasteiger partial charge in [-0.1, -0.05) is 0 Å². The maximum atomic E-state index is 13.6. The number of rotatable bonds is 6. The number of nitrogens with one attached hydrogen (secondary N) is 1. The van der Waals surface area contributed by atoms with Crippen molar-refractivity contribution in [2.75, 3.05) is 31.4 Å². The summed E-state index contributed by atoms with van der Waals surface area (Å²) in [6, 6.07) is 1.86. The Balaban J connectivity index is 3.26. The first-order chi connectivity index (χ1) is 9.83. The summed E-state index contributed by atoms with van der Waals surface area (Å²) in [5.41, 5.74) is -0.601. The lowest BCUT2D eigenvalue weighted by molar-refractivity contribution is -0.385. The fourth-order valence-electron chi connectivity index (χ4n) is 1.82. The highest BCUT2D eigenvalue weighted by atomic mass is 32.2. The maximum Gasteiger partial charge on any atom is 0.285 e. The number of halogens is 1. The maximum absolute atomic E-state index is 13.6. The van der Waals surface area contributed by atoms with Gasteiger partial charge in [-0.05, 0) is 19.2 Å². The molecule has 21 heavy (non-hydrogen) atoms. The normalized spacial score (nSPS) is 11.9. The number of nitro groups is 1. The molecule has 8 heteroatoms. The second kappa shape index (κ2) is 7.26. The molecule has 0 radical (unpaired) electrons. The summed E-state index contributed by atoms with van der Waals surface area (Å²) in [6.07, 6.45) is 1.91. The molecule has 1 unspecified atom stereocenters. The summed E-state index contributed by atoms with van der Waals surface area (Å²) in [7, 11) is 3.06. The highest BCUT2D eigenvalue weighted by molar-refractivity contribution is 7.98. The van der Waals surface area contributed by atoms with Crippen molar-refractivity contribution in [3.05, 3.63) is 33.6 Å². The Labute approximate surface area is 126 Å². The summed E-state index contributed by atoms with van der Waals surface area (Å²) in [5, 5.41) is 13.6. The Morgan fingerprint density at radius 1 is 1.57 bits per heavy atom. The van der Waals surface area contributed by atoms with Gasteiger partial charge < -0.3 is 10.2 Å². The van der Waals surface area contributed by atoms with E-state index >= 15 is 0 Å². The molecule has 0 saturated heterocycles. The average Bonchev–Trinajstić information content (AvgIpc) is 2.45. The minimum atomic E-state index is -0.763. The van der Waals surface area contributed by atoms with E-state index in [0.717, 1.165) is 6.07 Å². The van der Waals surface area contributed by atoms with Crippen LogP contribution in [0.4, 0.5) is 15.8 Å². The number of nitrogens with zero attached hydrogens (tertiary/aromatic N) is 2. The van der Waals surface area contributed by atoms with E-state index < -0.39 is 22.3 Å². The summed E-state index contributed by atoms with van der Waals surface area (Å²) in [6.45, 7) is 1.85. The lowest BCUT2D eigenvalue weighted by Gasteiger charge is -2.24. The topological polar surface area (TPSA) is 75.5 Å². The van der Waals surface area contributed by atoms with E-state index in [1.807, 2.05) is 13.2 Å². The van der Waals surface area contributed by atoms with Gasteiger partial charge in [-0.15, -0.1) is 0 Å². The van der Waals surface area contributed by atoms with Crippen molar-refractivity contribution in [3.8, 4) is 0 Å². The molecule has 116 valence electrons. The summed E-state index contributed by atoms with van der Waals surface area (Å²) in [5.74, 6) is -0.559. The molecule has 0 aliphatic rings. The highest BCUT2D eigenvalue weighted by Gasteiger charge is 2.27. The molecule has 0 saturated carbocycles. The van der Waals surface area contributed by atoms with Crippen molar-refractivity contribution in [2.24, 2.45) is 0 Å². The van der Waals surface area contributed by atoms with Crippen molar-refractivity contribution in [1.82, 2.24) is 4.90 Å². The molecule has 0 fully saturated rings. The molecule has 0 aromatic heterocycles. The lowest BCUT2D eigenvalue weighted by Crippen LogP contribution is -2.37. The van der Waals surface area contributed by atoms with Crippen LogP contribution >= 0.6 is 11.8 Å². The zero-order chi connectivity index (χ0) is 16.2. The number of carbonyl (C=O) groups excluding carboxylic acids is 1. The van der Waals surface area contributed by atoms with Gasteiger partial charge in [0.1, 0.15) is 5.56 Å². The summed E-state index contributed by atoms with van der Waals surface area (Å²) < 4.78 is 13.6. The molecule has 0 spiro atoms. The van der Waals surface area contributed by atoms with E-state index in [9.17, 15) is 19.3 Å².